The molecule has 1 aromatic carbocycles. The van der Waals surface area contributed by atoms with Gasteiger partial charge in [-0.25, -0.2) is 13.8 Å². The molecule has 2 rings (SSSR count). The van der Waals surface area contributed by atoms with Crippen molar-refractivity contribution in [2.45, 2.75) is 25.8 Å². The number of carbonyl (C=O) groups excluding carboxylic acids is 1. The number of rotatable bonds is 6. The van der Waals surface area contributed by atoms with E-state index in [9.17, 15) is 13.6 Å². The molecule has 1 amide bonds. The lowest BCUT2D eigenvalue weighted by Gasteiger charge is -2.27. The van der Waals surface area contributed by atoms with Crippen LogP contribution in [0, 0.1) is 0 Å². The van der Waals surface area contributed by atoms with E-state index in [1.165, 1.54) is 26.3 Å². The molecule has 27 heavy (non-hydrogen) atoms. The molecule has 0 saturated carbocycles. The Morgan fingerprint density at radius 3 is 2.30 bits per heavy atom. The topological polar surface area (TPSA) is 47.4 Å². The van der Waals surface area contributed by atoms with E-state index in [1.807, 2.05) is 0 Å². The zero-order valence-corrected chi connectivity index (χ0v) is 17.5. The van der Waals surface area contributed by atoms with Crippen molar-refractivity contribution in [2.75, 3.05) is 7.11 Å². The Kier molecular flexibility index (Phi) is 7.33. The number of hydrogen-bond acceptors (Lipinski definition) is 3. The number of aromatic nitrogens is 2. The van der Waals surface area contributed by atoms with Crippen LogP contribution in [0.4, 0.5) is 8.78 Å². The van der Waals surface area contributed by atoms with Gasteiger partial charge in [0.1, 0.15) is 16.4 Å². The minimum Gasteiger partial charge on any atom is -0.274 e. The third-order valence-corrected chi connectivity index (χ3v) is 5.15. The molecule has 0 fully saturated rings. The van der Waals surface area contributed by atoms with E-state index in [1.54, 1.807) is 6.92 Å². The van der Waals surface area contributed by atoms with Gasteiger partial charge in [0.05, 0.1) is 13.2 Å². The fourth-order valence-electron chi connectivity index (χ4n) is 2.59. The summed E-state index contributed by atoms with van der Waals surface area (Å²) in [5.74, 6) is -0.848. The molecule has 5 nitrogen and oxygen atoms in total. The molecular formula is C16H15Cl4F2N3O2. The third kappa shape index (κ3) is 4.66. The van der Waals surface area contributed by atoms with Gasteiger partial charge in [-0.05, 0) is 31.0 Å². The maximum atomic E-state index is 13.2. The Labute approximate surface area is 174 Å². The fourth-order valence-corrected chi connectivity index (χ4v) is 3.78. The Morgan fingerprint density at radius 2 is 1.81 bits per heavy atom. The molecule has 148 valence electrons. The number of hydrogen-bond donors (Lipinski definition) is 0. The molecule has 1 aromatic heterocycles. The minimum atomic E-state index is -2.98. The first-order valence-corrected chi connectivity index (χ1v) is 9.11. The van der Waals surface area contributed by atoms with Gasteiger partial charge in [0.25, 0.3) is 12.3 Å². The average molecular weight is 461 g/mol. The number of halogens is 6. The molecule has 1 unspecified atom stereocenters. The van der Waals surface area contributed by atoms with Gasteiger partial charge in [0, 0.05) is 22.1 Å². The first kappa shape index (κ1) is 22.2. The first-order chi connectivity index (χ1) is 12.6. The molecular weight excluding hydrogens is 446 g/mol. The Hall–Kier alpha value is -1.12. The van der Waals surface area contributed by atoms with Crippen LogP contribution in [0.3, 0.4) is 0 Å². The third-order valence-electron chi connectivity index (χ3n) is 3.83. The molecule has 0 spiro atoms. The molecule has 0 aliphatic heterocycles. The molecule has 2 aromatic rings. The molecule has 0 N–H and O–H groups in total. The van der Waals surface area contributed by atoms with Crippen molar-refractivity contribution in [1.29, 1.82) is 0 Å². The zero-order valence-electron chi connectivity index (χ0n) is 14.4. The molecule has 0 bridgehead atoms. The van der Waals surface area contributed by atoms with Crippen LogP contribution in [0.15, 0.2) is 12.1 Å². The largest absolute Gasteiger partial charge is 0.283 e. The van der Waals surface area contributed by atoms with Crippen molar-refractivity contribution >= 4 is 52.3 Å². The zero-order chi connectivity index (χ0) is 20.5. The van der Waals surface area contributed by atoms with Crippen LogP contribution in [0.5, 0.6) is 0 Å². The number of aryl methyl sites for hydroxylation is 1. The predicted octanol–water partition coefficient (Wildman–Crippen LogP) is 5.61. The Morgan fingerprint density at radius 1 is 1.26 bits per heavy atom. The molecule has 0 aliphatic carbocycles. The highest BCUT2D eigenvalue weighted by atomic mass is 35.5. The monoisotopic (exact) mass is 459 g/mol. The average Bonchev–Trinajstić information content (AvgIpc) is 2.87. The lowest BCUT2D eigenvalue weighted by Crippen LogP contribution is -2.39. The van der Waals surface area contributed by atoms with Crippen molar-refractivity contribution in [3.05, 3.63) is 49.2 Å². The van der Waals surface area contributed by atoms with Crippen LogP contribution in [-0.4, -0.2) is 33.9 Å². The lowest BCUT2D eigenvalue weighted by molar-refractivity contribution is -0.119. The smallest absolute Gasteiger partial charge is 0.274 e. The van der Waals surface area contributed by atoms with Crippen molar-refractivity contribution in [2.24, 2.45) is 7.05 Å². The summed E-state index contributed by atoms with van der Waals surface area (Å²) in [6.07, 6.45) is -2.78. The normalized spacial score (nSPS) is 12.5. The van der Waals surface area contributed by atoms with Gasteiger partial charge >= 0.3 is 0 Å². The van der Waals surface area contributed by atoms with Gasteiger partial charge in [-0.1, -0.05) is 46.4 Å². The number of benzene rings is 1. The molecule has 0 radical (unpaired) electrons. The highest BCUT2D eigenvalue weighted by Crippen LogP contribution is 2.32. The summed E-state index contributed by atoms with van der Waals surface area (Å²) >= 11 is 24.2. The molecule has 0 aliphatic rings. The quantitative estimate of drug-likeness (QED) is 0.526. The SMILES string of the molecule is CON(C(=O)c1c(C(F)F)nn(C)c1Cl)C(C)Cc1c(Cl)cc(Cl)cc1Cl. The second-order valence-electron chi connectivity index (χ2n) is 5.69. The van der Waals surface area contributed by atoms with Gasteiger partial charge in [-0.3, -0.25) is 14.3 Å². The van der Waals surface area contributed by atoms with Gasteiger partial charge < -0.3 is 0 Å². The summed E-state index contributed by atoms with van der Waals surface area (Å²) in [6.45, 7) is 1.65. The van der Waals surface area contributed by atoms with Crippen LogP contribution in [-0.2, 0) is 18.3 Å². The summed E-state index contributed by atoms with van der Waals surface area (Å²) in [6, 6.07) is 2.42. The second kappa shape index (κ2) is 8.92. The van der Waals surface area contributed by atoms with Gasteiger partial charge in [0.2, 0.25) is 0 Å². The van der Waals surface area contributed by atoms with Crippen LogP contribution >= 0.6 is 46.4 Å². The lowest BCUT2D eigenvalue weighted by atomic mass is 10.1. The summed E-state index contributed by atoms with van der Waals surface area (Å²) in [4.78, 5) is 18.0. The van der Waals surface area contributed by atoms with E-state index in [0.717, 1.165) is 9.75 Å². The second-order valence-corrected chi connectivity index (χ2v) is 7.30. The van der Waals surface area contributed by atoms with E-state index in [-0.39, 0.29) is 11.6 Å². The Bertz CT molecular complexity index is 837. The maximum Gasteiger partial charge on any atom is 0.283 e. The van der Waals surface area contributed by atoms with Crippen molar-refractivity contribution < 1.29 is 18.4 Å². The summed E-state index contributed by atoms with van der Waals surface area (Å²) in [5, 5.41) is 5.31. The molecule has 0 saturated heterocycles. The standard InChI is InChI=1S/C16H15Cl4F2N3O2/c1-7(4-9-10(18)5-8(17)6-11(9)19)25(27-3)16(26)12-13(15(21)22)23-24(2)14(12)20/h5-7,15H,4H2,1-3H3. The van der Waals surface area contributed by atoms with E-state index < -0.39 is 29.6 Å². The number of hydroxylamine groups is 2. The van der Waals surface area contributed by atoms with Crippen LogP contribution < -0.4 is 0 Å². The summed E-state index contributed by atoms with van der Waals surface area (Å²) in [5.41, 5.74) is -0.600. The van der Waals surface area contributed by atoms with Crippen LogP contribution in [0.2, 0.25) is 20.2 Å². The minimum absolute atomic E-state index is 0.191. The van der Waals surface area contributed by atoms with E-state index in [2.05, 4.69) is 5.10 Å². The first-order valence-electron chi connectivity index (χ1n) is 7.60. The van der Waals surface area contributed by atoms with Gasteiger partial charge in [-0.2, -0.15) is 5.10 Å². The van der Waals surface area contributed by atoms with Crippen molar-refractivity contribution in [3.63, 3.8) is 0 Å². The number of nitrogens with zero attached hydrogens (tertiary/aromatic N) is 3. The summed E-state index contributed by atoms with van der Waals surface area (Å²) < 4.78 is 27.5. The highest BCUT2D eigenvalue weighted by Gasteiger charge is 2.33. The van der Waals surface area contributed by atoms with Crippen LogP contribution in [0.25, 0.3) is 0 Å². The number of carbonyl (C=O) groups is 1. The Balaban J connectivity index is 2.36. The predicted molar refractivity (Wildman–Crippen MR) is 101 cm³/mol. The van der Waals surface area contributed by atoms with Crippen LogP contribution in [0.1, 0.15) is 35.0 Å². The highest BCUT2D eigenvalue weighted by molar-refractivity contribution is 6.39. The molecule has 1 heterocycles. The summed E-state index contributed by atoms with van der Waals surface area (Å²) in [7, 11) is 2.60. The van der Waals surface area contributed by atoms with E-state index in [0.29, 0.717) is 20.6 Å². The van der Waals surface area contributed by atoms with Crippen molar-refractivity contribution in [3.8, 4) is 0 Å². The number of alkyl halides is 2. The van der Waals surface area contributed by atoms with Crippen molar-refractivity contribution in [1.82, 2.24) is 14.8 Å². The maximum absolute atomic E-state index is 13.2. The number of amides is 1. The van der Waals surface area contributed by atoms with E-state index in [4.69, 9.17) is 51.2 Å². The fraction of sp³-hybridized carbons (Fsp3) is 0.375. The van der Waals surface area contributed by atoms with Gasteiger partial charge in [-0.15, -0.1) is 0 Å². The van der Waals surface area contributed by atoms with Gasteiger partial charge in [0.15, 0.2) is 0 Å². The molecule has 11 heteroatoms. The van der Waals surface area contributed by atoms with E-state index >= 15 is 0 Å². The molecule has 1 atom stereocenters.